The first-order valence-corrected chi connectivity index (χ1v) is 6.34. The van der Waals surface area contributed by atoms with Crippen molar-refractivity contribution < 1.29 is 9.18 Å². The smallest absolute Gasteiger partial charge is 0.257 e. The molecule has 2 rings (SSSR count). The molecule has 0 aliphatic rings. The summed E-state index contributed by atoms with van der Waals surface area (Å²) >= 11 is 0. The standard InChI is InChI=1S/C16H14FN3O/c1-10-3-5-14(19-2)12(7-10)16(21)20-15-6-4-11(9-18)8-13(15)17/h3-8,19H,1-2H3,(H,20,21). The molecule has 0 aliphatic heterocycles. The molecule has 21 heavy (non-hydrogen) atoms. The molecule has 0 bridgehead atoms. The number of carbonyl (C=O) groups excluding carboxylic acids is 1. The number of anilines is 2. The van der Waals surface area contributed by atoms with E-state index in [0.29, 0.717) is 11.3 Å². The highest BCUT2D eigenvalue weighted by molar-refractivity contribution is 6.08. The molecule has 0 heterocycles. The van der Waals surface area contributed by atoms with Crippen molar-refractivity contribution in [3.8, 4) is 6.07 Å². The molecule has 2 aromatic carbocycles. The van der Waals surface area contributed by atoms with Gasteiger partial charge in [0.2, 0.25) is 0 Å². The van der Waals surface area contributed by atoms with Crippen LogP contribution in [0.2, 0.25) is 0 Å². The molecule has 0 radical (unpaired) electrons. The number of aryl methyl sites for hydroxylation is 1. The Hall–Kier alpha value is -2.87. The topological polar surface area (TPSA) is 64.9 Å². The van der Waals surface area contributed by atoms with Gasteiger partial charge in [-0.1, -0.05) is 11.6 Å². The molecule has 0 saturated heterocycles. The van der Waals surface area contributed by atoms with Crippen LogP contribution in [0.25, 0.3) is 0 Å². The first-order chi connectivity index (χ1) is 10.0. The second-order valence-corrected chi connectivity index (χ2v) is 4.56. The highest BCUT2D eigenvalue weighted by atomic mass is 19.1. The summed E-state index contributed by atoms with van der Waals surface area (Å²) in [5.41, 5.74) is 2.27. The summed E-state index contributed by atoms with van der Waals surface area (Å²) in [7, 11) is 1.71. The minimum Gasteiger partial charge on any atom is -0.387 e. The summed E-state index contributed by atoms with van der Waals surface area (Å²) in [6.07, 6.45) is 0. The fourth-order valence-corrected chi connectivity index (χ4v) is 1.94. The number of carbonyl (C=O) groups is 1. The zero-order chi connectivity index (χ0) is 15.4. The number of nitrogens with one attached hydrogen (secondary N) is 2. The van der Waals surface area contributed by atoms with E-state index in [-0.39, 0.29) is 11.3 Å². The fourth-order valence-electron chi connectivity index (χ4n) is 1.94. The Morgan fingerprint density at radius 2 is 1.90 bits per heavy atom. The van der Waals surface area contributed by atoms with Crippen LogP contribution in [0.15, 0.2) is 36.4 Å². The predicted molar refractivity (Wildman–Crippen MR) is 79.8 cm³/mol. The number of hydrogen-bond acceptors (Lipinski definition) is 3. The van der Waals surface area contributed by atoms with Gasteiger partial charge in [-0.15, -0.1) is 0 Å². The van der Waals surface area contributed by atoms with Gasteiger partial charge in [0.05, 0.1) is 22.9 Å². The molecule has 106 valence electrons. The van der Waals surface area contributed by atoms with Crippen molar-refractivity contribution in [1.29, 1.82) is 5.26 Å². The van der Waals surface area contributed by atoms with Crippen LogP contribution in [0.3, 0.4) is 0 Å². The SMILES string of the molecule is CNc1ccc(C)cc1C(=O)Nc1ccc(C#N)cc1F. The van der Waals surface area contributed by atoms with E-state index in [0.717, 1.165) is 11.6 Å². The highest BCUT2D eigenvalue weighted by Crippen LogP contribution is 2.21. The summed E-state index contributed by atoms with van der Waals surface area (Å²) in [4.78, 5) is 12.3. The van der Waals surface area contributed by atoms with Crippen molar-refractivity contribution in [3.63, 3.8) is 0 Å². The molecule has 5 heteroatoms. The van der Waals surface area contributed by atoms with Gasteiger partial charge in [-0.05, 0) is 37.3 Å². The summed E-state index contributed by atoms with van der Waals surface area (Å²) in [5, 5.41) is 14.1. The lowest BCUT2D eigenvalue weighted by molar-refractivity contribution is 0.102. The van der Waals surface area contributed by atoms with E-state index in [4.69, 9.17) is 5.26 Å². The van der Waals surface area contributed by atoms with E-state index in [1.165, 1.54) is 12.1 Å². The average Bonchev–Trinajstić information content (AvgIpc) is 2.49. The van der Waals surface area contributed by atoms with Gasteiger partial charge in [-0.2, -0.15) is 5.26 Å². The molecule has 0 atom stereocenters. The van der Waals surface area contributed by atoms with Crippen molar-refractivity contribution in [1.82, 2.24) is 0 Å². The second-order valence-electron chi connectivity index (χ2n) is 4.56. The molecule has 4 nitrogen and oxygen atoms in total. The maximum absolute atomic E-state index is 13.8. The summed E-state index contributed by atoms with van der Waals surface area (Å²) in [6, 6.07) is 11.2. The zero-order valence-corrected chi connectivity index (χ0v) is 11.7. The van der Waals surface area contributed by atoms with Crippen LogP contribution in [0.4, 0.5) is 15.8 Å². The van der Waals surface area contributed by atoms with Gasteiger partial charge in [0, 0.05) is 12.7 Å². The largest absolute Gasteiger partial charge is 0.387 e. The Kier molecular flexibility index (Phi) is 4.19. The molecule has 2 N–H and O–H groups in total. The normalized spacial score (nSPS) is 9.81. The Labute approximate surface area is 122 Å². The van der Waals surface area contributed by atoms with Gasteiger partial charge in [0.1, 0.15) is 5.82 Å². The lowest BCUT2D eigenvalue weighted by Gasteiger charge is -2.11. The van der Waals surface area contributed by atoms with Gasteiger partial charge >= 0.3 is 0 Å². The molecule has 0 aliphatic carbocycles. The molecular weight excluding hydrogens is 269 g/mol. The third-order valence-electron chi connectivity index (χ3n) is 3.04. The van der Waals surface area contributed by atoms with Crippen molar-refractivity contribution in [2.75, 3.05) is 17.7 Å². The minimum atomic E-state index is -0.638. The average molecular weight is 283 g/mol. The Morgan fingerprint density at radius 3 is 2.52 bits per heavy atom. The van der Waals surface area contributed by atoms with Crippen LogP contribution >= 0.6 is 0 Å². The molecular formula is C16H14FN3O. The number of rotatable bonds is 3. The zero-order valence-electron chi connectivity index (χ0n) is 11.7. The van der Waals surface area contributed by atoms with Crippen LogP contribution in [0, 0.1) is 24.1 Å². The molecule has 2 aromatic rings. The lowest BCUT2D eigenvalue weighted by Crippen LogP contribution is -2.15. The highest BCUT2D eigenvalue weighted by Gasteiger charge is 2.13. The molecule has 0 fully saturated rings. The number of hydrogen-bond donors (Lipinski definition) is 2. The van der Waals surface area contributed by atoms with E-state index in [1.54, 1.807) is 19.2 Å². The first-order valence-electron chi connectivity index (χ1n) is 6.34. The summed E-state index contributed by atoms with van der Waals surface area (Å²) < 4.78 is 13.8. The molecule has 0 unspecified atom stereocenters. The molecule has 0 aromatic heterocycles. The summed E-state index contributed by atoms with van der Waals surface area (Å²) in [6.45, 7) is 1.87. The van der Waals surface area contributed by atoms with Gasteiger partial charge in [0.25, 0.3) is 5.91 Å². The third-order valence-corrected chi connectivity index (χ3v) is 3.04. The van der Waals surface area contributed by atoms with E-state index in [2.05, 4.69) is 10.6 Å². The van der Waals surface area contributed by atoms with Gasteiger partial charge in [-0.3, -0.25) is 4.79 Å². The Balaban J connectivity index is 2.30. The van der Waals surface area contributed by atoms with Gasteiger partial charge in [0.15, 0.2) is 0 Å². The number of halogens is 1. The van der Waals surface area contributed by atoms with Crippen LogP contribution in [-0.2, 0) is 0 Å². The van der Waals surface area contributed by atoms with Crippen LogP contribution in [0.5, 0.6) is 0 Å². The van der Waals surface area contributed by atoms with Crippen molar-refractivity contribution in [2.45, 2.75) is 6.92 Å². The van der Waals surface area contributed by atoms with Crippen molar-refractivity contribution >= 4 is 17.3 Å². The van der Waals surface area contributed by atoms with E-state index >= 15 is 0 Å². The van der Waals surface area contributed by atoms with Gasteiger partial charge < -0.3 is 10.6 Å². The number of nitriles is 1. The first kappa shape index (κ1) is 14.5. The van der Waals surface area contributed by atoms with E-state index in [1.807, 2.05) is 19.1 Å². The monoisotopic (exact) mass is 283 g/mol. The number of benzene rings is 2. The molecule has 0 spiro atoms. The number of nitrogens with zero attached hydrogens (tertiary/aromatic N) is 1. The lowest BCUT2D eigenvalue weighted by atomic mass is 10.1. The van der Waals surface area contributed by atoms with Gasteiger partial charge in [-0.25, -0.2) is 4.39 Å². The second kappa shape index (κ2) is 6.06. The quantitative estimate of drug-likeness (QED) is 0.908. The minimum absolute atomic E-state index is 0.0440. The number of amides is 1. The van der Waals surface area contributed by atoms with Crippen molar-refractivity contribution in [2.24, 2.45) is 0 Å². The Morgan fingerprint density at radius 1 is 1.19 bits per heavy atom. The fraction of sp³-hybridized carbons (Fsp3) is 0.125. The predicted octanol–water partition coefficient (Wildman–Crippen LogP) is 3.30. The Bertz CT molecular complexity index is 735. The third kappa shape index (κ3) is 3.18. The molecule has 0 saturated carbocycles. The maximum atomic E-state index is 13.8. The van der Waals surface area contributed by atoms with E-state index < -0.39 is 11.7 Å². The van der Waals surface area contributed by atoms with Crippen molar-refractivity contribution in [3.05, 3.63) is 58.9 Å². The summed E-state index contributed by atoms with van der Waals surface area (Å²) in [5.74, 6) is -1.05. The van der Waals surface area contributed by atoms with Crippen LogP contribution in [-0.4, -0.2) is 13.0 Å². The molecule has 1 amide bonds. The van der Waals surface area contributed by atoms with Crippen LogP contribution in [0.1, 0.15) is 21.5 Å². The maximum Gasteiger partial charge on any atom is 0.257 e. The van der Waals surface area contributed by atoms with E-state index in [9.17, 15) is 9.18 Å². The van der Waals surface area contributed by atoms with Crippen LogP contribution < -0.4 is 10.6 Å².